The molecular weight excluding hydrogens is 394 g/mol. The first-order valence-electron chi connectivity index (χ1n) is 9.61. The first kappa shape index (κ1) is 19.7. The summed E-state index contributed by atoms with van der Waals surface area (Å²) in [7, 11) is -3.85. The number of sulfonamides is 1. The van der Waals surface area contributed by atoms with Crippen molar-refractivity contribution in [2.24, 2.45) is 0 Å². The maximum Gasteiger partial charge on any atom is 0.271 e. The minimum absolute atomic E-state index is 0.241. The van der Waals surface area contributed by atoms with Gasteiger partial charge in [0.25, 0.3) is 5.56 Å². The molecule has 8 nitrogen and oxygen atoms in total. The SMILES string of the molecule is Cc1ccc2c(c1)N(C(=O)Cn1cccc(S(=O)(=O)N3CCCC3)c1=O)CCO2. The summed E-state index contributed by atoms with van der Waals surface area (Å²) in [5, 5.41) is 0. The number of nitrogens with zero attached hydrogens (tertiary/aromatic N) is 3. The Kier molecular flexibility index (Phi) is 5.18. The molecule has 1 aromatic carbocycles. The van der Waals surface area contributed by atoms with Crippen LogP contribution in [-0.2, 0) is 21.4 Å². The molecule has 0 spiro atoms. The van der Waals surface area contributed by atoms with Crippen LogP contribution in [0.5, 0.6) is 5.75 Å². The molecule has 0 N–H and O–H groups in total. The molecule has 1 aromatic heterocycles. The summed E-state index contributed by atoms with van der Waals surface area (Å²) in [5.74, 6) is 0.325. The zero-order chi connectivity index (χ0) is 20.6. The second-order valence-corrected chi connectivity index (χ2v) is 9.19. The minimum atomic E-state index is -3.85. The zero-order valence-corrected chi connectivity index (χ0v) is 17.0. The number of ether oxygens (including phenoxy) is 1. The fraction of sp³-hybridized carbons (Fsp3) is 0.400. The van der Waals surface area contributed by atoms with E-state index in [0.29, 0.717) is 37.7 Å². The summed E-state index contributed by atoms with van der Waals surface area (Å²) < 4.78 is 33.7. The number of benzene rings is 1. The molecule has 2 aliphatic rings. The molecule has 0 atom stereocenters. The number of pyridine rings is 1. The van der Waals surface area contributed by atoms with Gasteiger partial charge >= 0.3 is 0 Å². The third-order valence-corrected chi connectivity index (χ3v) is 7.16. The number of aromatic nitrogens is 1. The highest BCUT2D eigenvalue weighted by Gasteiger charge is 2.30. The fourth-order valence-corrected chi connectivity index (χ4v) is 5.33. The van der Waals surface area contributed by atoms with Crippen molar-refractivity contribution in [3.8, 4) is 5.75 Å². The summed E-state index contributed by atoms with van der Waals surface area (Å²) in [6, 6.07) is 8.40. The van der Waals surface area contributed by atoms with Gasteiger partial charge < -0.3 is 14.2 Å². The molecule has 0 radical (unpaired) electrons. The maximum atomic E-state index is 13.0. The standard InChI is InChI=1S/C20H23N3O5S/c1-15-6-7-17-16(13-15)23(11-12-28-17)19(24)14-21-8-4-5-18(20(21)25)29(26,27)22-9-2-3-10-22/h4-8,13H,2-3,9-12,14H2,1H3. The van der Waals surface area contributed by atoms with Crippen molar-refractivity contribution in [2.45, 2.75) is 31.2 Å². The Bertz CT molecular complexity index is 1100. The van der Waals surface area contributed by atoms with E-state index in [4.69, 9.17) is 4.74 Å². The second kappa shape index (κ2) is 7.64. The predicted octanol–water partition coefficient (Wildman–Crippen LogP) is 1.37. The monoisotopic (exact) mass is 417 g/mol. The minimum Gasteiger partial charge on any atom is -0.490 e. The number of carbonyl (C=O) groups excluding carboxylic acids is 1. The van der Waals surface area contributed by atoms with Crippen LogP contribution in [0.15, 0.2) is 46.2 Å². The van der Waals surface area contributed by atoms with Gasteiger partial charge in [-0.2, -0.15) is 4.31 Å². The Balaban J connectivity index is 1.62. The zero-order valence-electron chi connectivity index (χ0n) is 16.2. The number of aryl methyl sites for hydroxylation is 1. The van der Waals surface area contributed by atoms with Crippen LogP contribution in [0.1, 0.15) is 18.4 Å². The summed E-state index contributed by atoms with van der Waals surface area (Å²) in [4.78, 5) is 27.1. The lowest BCUT2D eigenvalue weighted by molar-refractivity contribution is -0.119. The Morgan fingerprint density at radius 1 is 1.14 bits per heavy atom. The number of hydrogen-bond acceptors (Lipinski definition) is 5. The lowest BCUT2D eigenvalue weighted by Gasteiger charge is -2.30. The Morgan fingerprint density at radius 2 is 1.90 bits per heavy atom. The first-order valence-corrected chi connectivity index (χ1v) is 11.1. The lowest BCUT2D eigenvalue weighted by atomic mass is 10.1. The molecule has 0 saturated carbocycles. The van der Waals surface area contributed by atoms with Gasteiger partial charge in [-0.3, -0.25) is 9.59 Å². The highest BCUT2D eigenvalue weighted by molar-refractivity contribution is 7.89. The van der Waals surface area contributed by atoms with Gasteiger partial charge in [-0.25, -0.2) is 8.42 Å². The van der Waals surface area contributed by atoms with Crippen molar-refractivity contribution in [1.29, 1.82) is 0 Å². The highest BCUT2D eigenvalue weighted by Crippen LogP contribution is 2.32. The topological polar surface area (TPSA) is 88.9 Å². The molecule has 0 unspecified atom stereocenters. The number of amides is 1. The van der Waals surface area contributed by atoms with E-state index >= 15 is 0 Å². The third kappa shape index (κ3) is 3.67. The van der Waals surface area contributed by atoms with E-state index in [9.17, 15) is 18.0 Å². The number of carbonyl (C=O) groups is 1. The van der Waals surface area contributed by atoms with Gasteiger partial charge in [-0.1, -0.05) is 6.07 Å². The van der Waals surface area contributed by atoms with E-state index in [1.807, 2.05) is 25.1 Å². The number of fused-ring (bicyclic) bond motifs is 1. The molecule has 29 heavy (non-hydrogen) atoms. The highest BCUT2D eigenvalue weighted by atomic mass is 32.2. The normalized spacial score (nSPS) is 17.1. The molecule has 1 saturated heterocycles. The van der Waals surface area contributed by atoms with E-state index in [1.54, 1.807) is 4.90 Å². The molecule has 154 valence electrons. The van der Waals surface area contributed by atoms with E-state index in [2.05, 4.69) is 0 Å². The summed E-state index contributed by atoms with van der Waals surface area (Å²) in [6.45, 7) is 3.25. The quantitative estimate of drug-likeness (QED) is 0.750. The first-order chi connectivity index (χ1) is 13.9. The van der Waals surface area contributed by atoms with E-state index < -0.39 is 15.6 Å². The summed E-state index contributed by atoms with van der Waals surface area (Å²) >= 11 is 0. The number of anilines is 1. The van der Waals surface area contributed by atoms with Gasteiger partial charge in [0.05, 0.1) is 12.2 Å². The fourth-order valence-electron chi connectivity index (χ4n) is 3.72. The number of hydrogen-bond donors (Lipinski definition) is 0. The third-order valence-electron chi connectivity index (χ3n) is 5.25. The van der Waals surface area contributed by atoms with Gasteiger partial charge in [-0.05, 0) is 49.6 Å². The second-order valence-electron chi connectivity index (χ2n) is 7.28. The van der Waals surface area contributed by atoms with Gasteiger partial charge in [-0.15, -0.1) is 0 Å². The maximum absolute atomic E-state index is 13.0. The van der Waals surface area contributed by atoms with E-state index in [0.717, 1.165) is 23.0 Å². The van der Waals surface area contributed by atoms with Crippen LogP contribution >= 0.6 is 0 Å². The lowest BCUT2D eigenvalue weighted by Crippen LogP contribution is -2.42. The van der Waals surface area contributed by atoms with Gasteiger partial charge in [0.2, 0.25) is 15.9 Å². The van der Waals surface area contributed by atoms with Crippen LogP contribution < -0.4 is 15.2 Å². The van der Waals surface area contributed by atoms with Crippen LogP contribution in [0.25, 0.3) is 0 Å². The van der Waals surface area contributed by atoms with Crippen molar-refractivity contribution >= 4 is 21.6 Å². The largest absolute Gasteiger partial charge is 0.490 e. The van der Waals surface area contributed by atoms with E-state index in [-0.39, 0.29) is 17.3 Å². The average Bonchev–Trinajstić information content (AvgIpc) is 3.24. The van der Waals surface area contributed by atoms with Crippen molar-refractivity contribution < 1.29 is 17.9 Å². The van der Waals surface area contributed by atoms with Crippen molar-refractivity contribution in [3.05, 3.63) is 52.4 Å². The predicted molar refractivity (Wildman–Crippen MR) is 108 cm³/mol. The van der Waals surface area contributed by atoms with Crippen LogP contribution in [-0.4, -0.2) is 49.4 Å². The van der Waals surface area contributed by atoms with Gasteiger partial charge in [0.1, 0.15) is 23.8 Å². The molecular formula is C20H23N3O5S. The molecule has 1 fully saturated rings. The molecule has 2 aliphatic heterocycles. The molecule has 0 aliphatic carbocycles. The Hall–Kier alpha value is -2.65. The van der Waals surface area contributed by atoms with Gasteiger partial charge in [0.15, 0.2) is 0 Å². The Labute approximate surface area is 169 Å². The smallest absolute Gasteiger partial charge is 0.271 e. The molecule has 1 amide bonds. The Morgan fingerprint density at radius 3 is 2.66 bits per heavy atom. The van der Waals surface area contributed by atoms with Crippen LogP contribution in [0.3, 0.4) is 0 Å². The molecule has 0 bridgehead atoms. The summed E-state index contributed by atoms with van der Waals surface area (Å²) in [6.07, 6.45) is 3.02. The van der Waals surface area contributed by atoms with Crippen LogP contribution in [0.2, 0.25) is 0 Å². The van der Waals surface area contributed by atoms with Crippen LogP contribution in [0, 0.1) is 6.92 Å². The van der Waals surface area contributed by atoms with Crippen molar-refractivity contribution in [2.75, 3.05) is 31.1 Å². The van der Waals surface area contributed by atoms with Crippen molar-refractivity contribution in [3.63, 3.8) is 0 Å². The van der Waals surface area contributed by atoms with Crippen LogP contribution in [0.4, 0.5) is 5.69 Å². The molecule has 3 heterocycles. The molecule has 2 aromatic rings. The summed E-state index contributed by atoms with van der Waals surface area (Å²) in [5.41, 5.74) is 0.975. The number of rotatable bonds is 4. The molecule has 9 heteroatoms. The van der Waals surface area contributed by atoms with Gasteiger partial charge in [0, 0.05) is 19.3 Å². The molecule has 4 rings (SSSR count). The average molecular weight is 417 g/mol. The van der Waals surface area contributed by atoms with Crippen molar-refractivity contribution in [1.82, 2.24) is 8.87 Å². The van der Waals surface area contributed by atoms with E-state index in [1.165, 1.54) is 22.6 Å².